The summed E-state index contributed by atoms with van der Waals surface area (Å²) in [6.07, 6.45) is 2.77. The molecule has 0 atom stereocenters. The average molecular weight is 481 g/mol. The molecule has 1 aliphatic heterocycles. The van der Waals surface area contributed by atoms with Crippen LogP contribution in [-0.4, -0.2) is 61.6 Å². The van der Waals surface area contributed by atoms with Crippen molar-refractivity contribution >= 4 is 39.6 Å². The third-order valence-electron chi connectivity index (χ3n) is 6.01. The minimum atomic E-state index is 0.0603. The van der Waals surface area contributed by atoms with Gasteiger partial charge in [0.1, 0.15) is 0 Å². The average Bonchev–Trinajstić information content (AvgIpc) is 3.59. The summed E-state index contributed by atoms with van der Waals surface area (Å²) in [5.41, 5.74) is 3.43. The number of carbonyl (C=O) groups is 1. The second-order valence-corrected chi connectivity index (χ2v) is 10.5. The van der Waals surface area contributed by atoms with Gasteiger partial charge in [0.15, 0.2) is 5.65 Å². The van der Waals surface area contributed by atoms with Crippen LogP contribution < -0.4 is 0 Å². The summed E-state index contributed by atoms with van der Waals surface area (Å²) in [5, 5.41) is 10.7. The van der Waals surface area contributed by atoms with Gasteiger partial charge in [0, 0.05) is 44.1 Å². The van der Waals surface area contributed by atoms with E-state index in [4.69, 9.17) is 9.97 Å². The first-order valence-corrected chi connectivity index (χ1v) is 13.2. The normalized spacial score (nSPS) is 15.1. The molecule has 0 spiro atoms. The van der Waals surface area contributed by atoms with Crippen LogP contribution in [0.2, 0.25) is 0 Å². The molecule has 0 unspecified atom stereocenters. The number of aromatic nitrogens is 4. The van der Waals surface area contributed by atoms with Gasteiger partial charge in [-0.25, -0.2) is 14.6 Å². The van der Waals surface area contributed by atoms with Crippen molar-refractivity contribution in [3.63, 3.8) is 0 Å². The van der Waals surface area contributed by atoms with E-state index >= 15 is 0 Å². The highest BCUT2D eigenvalue weighted by atomic mass is 32.1. The summed E-state index contributed by atoms with van der Waals surface area (Å²) in [5.74, 6) is 0.0603. The van der Waals surface area contributed by atoms with E-state index in [9.17, 15) is 4.79 Å². The van der Waals surface area contributed by atoms with Crippen LogP contribution in [0, 0.1) is 0 Å². The van der Waals surface area contributed by atoms with Crippen LogP contribution in [0.5, 0.6) is 0 Å². The lowest BCUT2D eigenvalue weighted by atomic mass is 10.1. The lowest BCUT2D eigenvalue weighted by Crippen LogP contribution is -2.48. The zero-order valence-electron chi connectivity index (χ0n) is 19.2. The number of fused-ring (bicyclic) bond motifs is 1. The summed E-state index contributed by atoms with van der Waals surface area (Å²) >= 11 is 3.36. The summed E-state index contributed by atoms with van der Waals surface area (Å²) in [6.45, 7) is 10.3. The van der Waals surface area contributed by atoms with Gasteiger partial charge in [-0.15, -0.1) is 22.7 Å². The van der Waals surface area contributed by atoms with Crippen LogP contribution in [0.3, 0.4) is 0 Å². The lowest BCUT2D eigenvalue weighted by Gasteiger charge is -2.34. The van der Waals surface area contributed by atoms with Crippen molar-refractivity contribution < 1.29 is 4.79 Å². The summed E-state index contributed by atoms with van der Waals surface area (Å²) in [6, 6.07) is 6.17. The van der Waals surface area contributed by atoms with Crippen LogP contribution >= 0.6 is 22.7 Å². The van der Waals surface area contributed by atoms with Crippen molar-refractivity contribution in [3.8, 4) is 10.6 Å². The van der Waals surface area contributed by atoms with Crippen LogP contribution in [0.4, 0.5) is 0 Å². The number of nitrogens with zero attached hydrogens (tertiary/aromatic N) is 6. The van der Waals surface area contributed by atoms with Gasteiger partial charge in [0.25, 0.3) is 5.91 Å². The molecule has 0 saturated carbocycles. The van der Waals surface area contributed by atoms with Crippen LogP contribution in [0.1, 0.15) is 47.9 Å². The molecule has 4 aromatic rings. The molecule has 7 nitrogen and oxygen atoms in total. The second-order valence-electron chi connectivity index (χ2n) is 8.61. The summed E-state index contributed by atoms with van der Waals surface area (Å²) < 4.78 is 1.90. The Morgan fingerprint density at radius 3 is 2.64 bits per heavy atom. The zero-order valence-corrected chi connectivity index (χ0v) is 20.8. The van der Waals surface area contributed by atoms with Crippen molar-refractivity contribution in [3.05, 3.63) is 51.4 Å². The SMILES string of the molecule is CCc1nc(CN2CCN(C(=O)c3cc(-c4cccs4)nc4c3cnn4C(C)C)CC2)cs1. The predicted molar refractivity (Wildman–Crippen MR) is 134 cm³/mol. The highest BCUT2D eigenvalue weighted by Gasteiger charge is 2.26. The standard InChI is InChI=1S/C24H28N6OS2/c1-4-22-26-17(15-33-22)14-28-7-9-29(10-8-28)24(31)18-12-20(21-6-5-11-32-21)27-23-19(18)13-25-30(23)16(2)3/h5-6,11-13,15-16H,4,7-10,14H2,1-3H3. The van der Waals surface area contributed by atoms with Gasteiger partial charge in [-0.1, -0.05) is 13.0 Å². The van der Waals surface area contributed by atoms with Crippen molar-refractivity contribution in [2.75, 3.05) is 26.2 Å². The van der Waals surface area contributed by atoms with Crippen molar-refractivity contribution in [1.82, 2.24) is 29.5 Å². The molecule has 0 aliphatic carbocycles. The van der Waals surface area contributed by atoms with Gasteiger partial charge >= 0.3 is 0 Å². The molecule has 33 heavy (non-hydrogen) atoms. The number of amides is 1. The molecule has 172 valence electrons. The molecule has 0 aromatic carbocycles. The van der Waals surface area contributed by atoms with Gasteiger partial charge in [-0.3, -0.25) is 9.69 Å². The zero-order chi connectivity index (χ0) is 22.9. The number of carbonyl (C=O) groups excluding carboxylic acids is 1. The molecule has 9 heteroatoms. The molecule has 5 rings (SSSR count). The van der Waals surface area contributed by atoms with E-state index in [2.05, 4.69) is 36.1 Å². The largest absolute Gasteiger partial charge is 0.336 e. The maximum absolute atomic E-state index is 13.7. The minimum absolute atomic E-state index is 0.0603. The maximum atomic E-state index is 13.7. The monoisotopic (exact) mass is 480 g/mol. The molecular formula is C24H28N6OS2. The van der Waals surface area contributed by atoms with Crippen LogP contribution in [0.15, 0.2) is 35.2 Å². The number of thiazole rings is 1. The number of aryl methyl sites for hydroxylation is 1. The predicted octanol–water partition coefficient (Wildman–Crippen LogP) is 4.72. The Hall–Kier alpha value is -2.62. The van der Waals surface area contributed by atoms with Gasteiger partial charge in [0.05, 0.1) is 38.4 Å². The van der Waals surface area contributed by atoms with E-state index in [0.717, 1.165) is 53.4 Å². The van der Waals surface area contributed by atoms with E-state index in [0.29, 0.717) is 18.7 Å². The first kappa shape index (κ1) is 22.2. The lowest BCUT2D eigenvalue weighted by molar-refractivity contribution is 0.0629. The highest BCUT2D eigenvalue weighted by Crippen LogP contribution is 2.30. The number of thiophene rings is 1. The van der Waals surface area contributed by atoms with Gasteiger partial charge in [-0.05, 0) is 37.8 Å². The summed E-state index contributed by atoms with van der Waals surface area (Å²) in [4.78, 5) is 28.6. The van der Waals surface area contributed by atoms with Crippen molar-refractivity contribution in [2.24, 2.45) is 0 Å². The highest BCUT2D eigenvalue weighted by molar-refractivity contribution is 7.13. The molecule has 1 fully saturated rings. The Kier molecular flexibility index (Phi) is 6.27. The third-order valence-corrected chi connectivity index (χ3v) is 7.94. The van der Waals surface area contributed by atoms with Gasteiger partial charge in [-0.2, -0.15) is 5.10 Å². The second kappa shape index (κ2) is 9.32. The van der Waals surface area contributed by atoms with Crippen molar-refractivity contribution in [2.45, 2.75) is 39.8 Å². The molecule has 1 amide bonds. The molecule has 0 bridgehead atoms. The Bertz CT molecular complexity index is 1250. The van der Waals surface area contributed by atoms with E-state index in [1.165, 1.54) is 5.01 Å². The van der Waals surface area contributed by atoms with Crippen LogP contribution in [0.25, 0.3) is 21.6 Å². The number of hydrogen-bond donors (Lipinski definition) is 0. The Labute approximate surface area is 201 Å². The summed E-state index contributed by atoms with van der Waals surface area (Å²) in [7, 11) is 0. The molecule has 1 aliphatic rings. The minimum Gasteiger partial charge on any atom is -0.336 e. The van der Waals surface area contributed by atoms with Crippen LogP contribution in [-0.2, 0) is 13.0 Å². The van der Waals surface area contributed by atoms with E-state index in [1.807, 2.05) is 33.2 Å². The number of pyridine rings is 1. The molecule has 0 N–H and O–H groups in total. The van der Waals surface area contributed by atoms with Crippen molar-refractivity contribution in [1.29, 1.82) is 0 Å². The quantitative estimate of drug-likeness (QED) is 0.400. The fourth-order valence-electron chi connectivity index (χ4n) is 4.22. The molecular weight excluding hydrogens is 452 g/mol. The number of rotatable bonds is 6. The van der Waals surface area contributed by atoms with Gasteiger partial charge in [0.2, 0.25) is 0 Å². The topological polar surface area (TPSA) is 67.2 Å². The van der Waals surface area contributed by atoms with E-state index in [-0.39, 0.29) is 11.9 Å². The Balaban J connectivity index is 1.38. The van der Waals surface area contributed by atoms with E-state index < -0.39 is 0 Å². The Morgan fingerprint density at radius 2 is 1.97 bits per heavy atom. The molecule has 0 radical (unpaired) electrons. The fraction of sp³-hybridized carbons (Fsp3) is 0.417. The molecule has 4 aromatic heterocycles. The smallest absolute Gasteiger partial charge is 0.254 e. The van der Waals surface area contributed by atoms with Gasteiger partial charge < -0.3 is 4.90 Å². The first-order chi connectivity index (χ1) is 16.0. The Morgan fingerprint density at radius 1 is 1.15 bits per heavy atom. The first-order valence-electron chi connectivity index (χ1n) is 11.4. The maximum Gasteiger partial charge on any atom is 0.254 e. The fourth-order valence-corrected chi connectivity index (χ4v) is 5.64. The number of hydrogen-bond acceptors (Lipinski definition) is 7. The number of piperazine rings is 1. The van der Waals surface area contributed by atoms with E-state index in [1.54, 1.807) is 28.9 Å². The molecule has 5 heterocycles. The molecule has 1 saturated heterocycles. The third kappa shape index (κ3) is 4.45.